The van der Waals surface area contributed by atoms with Crippen LogP contribution in [0.3, 0.4) is 0 Å². The molecule has 2 aromatic heterocycles. The fraction of sp³-hybridized carbons (Fsp3) is 0.421. The van der Waals surface area contributed by atoms with Gasteiger partial charge in [-0.05, 0) is 5.56 Å². The van der Waals surface area contributed by atoms with Gasteiger partial charge in [0.15, 0.2) is 28.4 Å². The monoisotopic (exact) mass is 479 g/mol. The SMILES string of the molecule is CN(C)c1ncnc2c1nc(SCc1ccccc1)n2[C@@H]1O[C@@H]2COP(=O)(O)O[C@H]2[C@H]1O. The number of ether oxygens (including phenoxy) is 1. The molecule has 3 aromatic rings. The summed E-state index contributed by atoms with van der Waals surface area (Å²) < 4.78 is 29.6. The normalized spacial score (nSPS) is 29.9. The van der Waals surface area contributed by atoms with E-state index in [1.165, 1.54) is 18.1 Å². The first kappa shape index (κ1) is 21.8. The van der Waals surface area contributed by atoms with Crippen LogP contribution in [0.15, 0.2) is 41.8 Å². The standard InChI is InChI=1S/C19H22N5O6PS/c1-23(2)16-13-17(21-10-20-16)24(19(22-13)32-9-11-6-4-3-5-7-11)18-14(25)15-12(29-18)8-28-31(26,27)30-15/h3-7,10,12,14-15,18,25H,8-9H2,1-2H3,(H,26,27)/t12-,14-,15-,18-/m1/s1. The predicted molar refractivity (Wildman–Crippen MR) is 116 cm³/mol. The number of rotatable bonds is 5. The van der Waals surface area contributed by atoms with E-state index >= 15 is 0 Å². The quantitative estimate of drug-likeness (QED) is 0.411. The summed E-state index contributed by atoms with van der Waals surface area (Å²) in [7, 11) is -0.517. The highest BCUT2D eigenvalue weighted by Crippen LogP contribution is 2.53. The van der Waals surface area contributed by atoms with E-state index in [0.717, 1.165) is 5.56 Å². The summed E-state index contributed by atoms with van der Waals surface area (Å²) in [5.41, 5.74) is 2.15. The number of phosphoric ester groups is 1. The molecule has 13 heteroatoms. The van der Waals surface area contributed by atoms with Crippen molar-refractivity contribution in [3.05, 3.63) is 42.2 Å². The minimum absolute atomic E-state index is 0.164. The Hall–Kier alpha value is -2.05. The summed E-state index contributed by atoms with van der Waals surface area (Å²) in [5, 5.41) is 11.6. The summed E-state index contributed by atoms with van der Waals surface area (Å²) in [6.45, 7) is -0.164. The van der Waals surface area contributed by atoms with Gasteiger partial charge >= 0.3 is 7.82 Å². The molecule has 4 heterocycles. The third-order valence-electron chi connectivity index (χ3n) is 5.28. The highest BCUT2D eigenvalue weighted by Gasteiger charge is 2.53. The molecule has 0 radical (unpaired) electrons. The summed E-state index contributed by atoms with van der Waals surface area (Å²) in [6.07, 6.45) is -2.44. The zero-order valence-electron chi connectivity index (χ0n) is 17.3. The van der Waals surface area contributed by atoms with Crippen LogP contribution in [0.2, 0.25) is 0 Å². The van der Waals surface area contributed by atoms with Crippen molar-refractivity contribution in [3.8, 4) is 0 Å². The lowest BCUT2D eigenvalue weighted by Crippen LogP contribution is -2.39. The third-order valence-corrected chi connectivity index (χ3v) is 7.29. The lowest BCUT2D eigenvalue weighted by atomic mass is 10.1. The van der Waals surface area contributed by atoms with Crippen molar-refractivity contribution in [1.29, 1.82) is 0 Å². The van der Waals surface area contributed by atoms with Gasteiger partial charge in [-0.15, -0.1) is 0 Å². The lowest BCUT2D eigenvalue weighted by molar-refractivity contribution is -0.0684. The Balaban J connectivity index is 1.56. The van der Waals surface area contributed by atoms with E-state index in [1.54, 1.807) is 4.57 Å². The van der Waals surface area contributed by atoms with E-state index in [0.29, 0.717) is 27.9 Å². The molecule has 2 saturated heterocycles. The second-order valence-electron chi connectivity index (χ2n) is 7.69. The summed E-state index contributed by atoms with van der Waals surface area (Å²) in [4.78, 5) is 25.0. The molecule has 5 atom stereocenters. The van der Waals surface area contributed by atoms with Crippen molar-refractivity contribution < 1.29 is 28.3 Å². The van der Waals surface area contributed by atoms with Crippen LogP contribution in [0.25, 0.3) is 11.2 Å². The van der Waals surface area contributed by atoms with E-state index in [4.69, 9.17) is 18.8 Å². The van der Waals surface area contributed by atoms with E-state index in [1.807, 2.05) is 49.3 Å². The van der Waals surface area contributed by atoms with Crippen molar-refractivity contribution in [2.75, 3.05) is 25.6 Å². The molecule has 0 bridgehead atoms. The molecule has 2 aliphatic heterocycles. The van der Waals surface area contributed by atoms with Gasteiger partial charge in [0, 0.05) is 19.8 Å². The van der Waals surface area contributed by atoms with Gasteiger partial charge in [-0.25, -0.2) is 19.5 Å². The Labute approximate surface area is 188 Å². The third kappa shape index (κ3) is 3.92. The van der Waals surface area contributed by atoms with Crippen LogP contribution in [0.1, 0.15) is 11.8 Å². The fourth-order valence-corrected chi connectivity index (χ4v) is 5.74. The molecule has 1 aromatic carbocycles. The van der Waals surface area contributed by atoms with E-state index in [-0.39, 0.29) is 6.61 Å². The minimum atomic E-state index is -4.23. The zero-order chi connectivity index (χ0) is 22.5. The fourth-order valence-electron chi connectivity index (χ4n) is 3.81. The number of aliphatic hydroxyl groups excluding tert-OH is 1. The topological polar surface area (TPSA) is 132 Å². The zero-order valence-corrected chi connectivity index (χ0v) is 19.0. The van der Waals surface area contributed by atoms with E-state index in [9.17, 15) is 14.6 Å². The molecule has 5 rings (SSSR count). The molecule has 0 aliphatic carbocycles. The predicted octanol–water partition coefficient (Wildman–Crippen LogP) is 1.96. The van der Waals surface area contributed by atoms with Gasteiger partial charge in [-0.2, -0.15) is 0 Å². The minimum Gasteiger partial charge on any atom is -0.386 e. The Kier molecular flexibility index (Phi) is 5.70. The van der Waals surface area contributed by atoms with Crippen LogP contribution in [0.4, 0.5) is 5.82 Å². The number of nitrogens with zero attached hydrogens (tertiary/aromatic N) is 5. The average molecular weight is 479 g/mol. The molecule has 11 nitrogen and oxygen atoms in total. The maximum Gasteiger partial charge on any atom is 0.472 e. The smallest absolute Gasteiger partial charge is 0.386 e. The molecule has 1 unspecified atom stereocenters. The van der Waals surface area contributed by atoms with Crippen LogP contribution in [-0.2, 0) is 24.1 Å². The van der Waals surface area contributed by atoms with E-state index in [2.05, 4.69) is 9.97 Å². The highest BCUT2D eigenvalue weighted by atomic mass is 32.2. The number of aliphatic hydroxyl groups is 1. The van der Waals surface area contributed by atoms with E-state index < -0.39 is 32.4 Å². The van der Waals surface area contributed by atoms with Crippen molar-refractivity contribution in [2.45, 2.75) is 35.4 Å². The van der Waals surface area contributed by atoms with Crippen LogP contribution in [0.5, 0.6) is 0 Å². The van der Waals surface area contributed by atoms with Crippen molar-refractivity contribution in [1.82, 2.24) is 19.5 Å². The highest BCUT2D eigenvalue weighted by molar-refractivity contribution is 7.98. The first-order chi connectivity index (χ1) is 15.3. The Morgan fingerprint density at radius 1 is 1.28 bits per heavy atom. The molecule has 2 aliphatic rings. The van der Waals surface area contributed by atoms with Crippen molar-refractivity contribution in [2.24, 2.45) is 0 Å². The largest absolute Gasteiger partial charge is 0.472 e. The second kappa shape index (κ2) is 8.38. The van der Waals surface area contributed by atoms with Gasteiger partial charge in [-0.3, -0.25) is 13.6 Å². The molecule has 2 fully saturated rings. The number of hydrogen-bond donors (Lipinski definition) is 2. The van der Waals surface area contributed by atoms with Crippen LogP contribution in [0, 0.1) is 0 Å². The molecular weight excluding hydrogens is 457 g/mol. The number of benzene rings is 1. The number of thioether (sulfide) groups is 1. The molecular formula is C19H22N5O6PS. The average Bonchev–Trinajstić information content (AvgIpc) is 3.29. The van der Waals surface area contributed by atoms with Gasteiger partial charge in [0.1, 0.15) is 24.6 Å². The van der Waals surface area contributed by atoms with Gasteiger partial charge in [0.2, 0.25) is 0 Å². The molecule has 0 saturated carbocycles. The first-order valence-corrected chi connectivity index (χ1v) is 12.4. The van der Waals surface area contributed by atoms with Crippen LogP contribution in [-0.4, -0.2) is 68.5 Å². The maximum atomic E-state index is 11.9. The molecule has 2 N–H and O–H groups in total. The Morgan fingerprint density at radius 3 is 2.81 bits per heavy atom. The summed E-state index contributed by atoms with van der Waals surface area (Å²) in [6, 6.07) is 9.92. The number of phosphoric acid groups is 1. The molecule has 0 spiro atoms. The van der Waals surface area contributed by atoms with Gasteiger partial charge < -0.3 is 19.6 Å². The number of hydrogen-bond acceptors (Lipinski definition) is 10. The molecule has 170 valence electrons. The summed E-state index contributed by atoms with van der Waals surface area (Å²) >= 11 is 1.47. The lowest BCUT2D eigenvalue weighted by Gasteiger charge is -2.27. The van der Waals surface area contributed by atoms with Gasteiger partial charge in [0.25, 0.3) is 0 Å². The van der Waals surface area contributed by atoms with Crippen molar-refractivity contribution in [3.63, 3.8) is 0 Å². The van der Waals surface area contributed by atoms with Crippen LogP contribution < -0.4 is 4.90 Å². The van der Waals surface area contributed by atoms with Crippen LogP contribution >= 0.6 is 19.6 Å². The molecule has 32 heavy (non-hydrogen) atoms. The van der Waals surface area contributed by atoms with Gasteiger partial charge in [-0.1, -0.05) is 42.1 Å². The van der Waals surface area contributed by atoms with Gasteiger partial charge in [0.05, 0.1) is 6.61 Å². The number of anilines is 1. The Bertz CT molecular complexity index is 1180. The number of aromatic nitrogens is 4. The number of imidazole rings is 1. The Morgan fingerprint density at radius 2 is 2.06 bits per heavy atom. The first-order valence-electron chi connectivity index (χ1n) is 9.90. The van der Waals surface area contributed by atoms with Crippen molar-refractivity contribution >= 4 is 36.6 Å². The maximum absolute atomic E-state index is 11.9. The summed E-state index contributed by atoms with van der Waals surface area (Å²) in [5.74, 6) is 1.26. The molecule has 0 amide bonds. The second-order valence-corrected chi connectivity index (χ2v) is 10.0. The number of fused-ring (bicyclic) bond motifs is 2.